The first-order chi connectivity index (χ1) is 7.59. The molecule has 1 unspecified atom stereocenters. The molecule has 0 amide bonds. The van der Waals surface area contributed by atoms with Crippen molar-refractivity contribution in [3.05, 3.63) is 58.0 Å². The topological polar surface area (TPSA) is 39.2 Å². The van der Waals surface area contributed by atoms with Gasteiger partial charge in [-0.3, -0.25) is 0 Å². The smallest absolute Gasteiger partial charge is 0.106 e. The molecule has 0 radical (unpaired) electrons. The third-order valence-electron chi connectivity index (χ3n) is 2.65. The first-order valence-corrected chi connectivity index (χ1v) is 5.54. The molecule has 16 heavy (non-hydrogen) atoms. The first kappa shape index (κ1) is 11.2. The van der Waals surface area contributed by atoms with Gasteiger partial charge in [-0.05, 0) is 31.5 Å². The molecule has 84 valence electrons. The Morgan fingerprint density at radius 3 is 2.44 bits per heavy atom. The summed E-state index contributed by atoms with van der Waals surface area (Å²) in [7, 11) is 0. The third kappa shape index (κ3) is 1.99. The minimum Gasteiger partial charge on any atom is -0.466 e. The Hall–Kier alpha value is -1.25. The van der Waals surface area contributed by atoms with E-state index in [-0.39, 0.29) is 6.04 Å². The lowest BCUT2D eigenvalue weighted by molar-refractivity contribution is 0.499. The van der Waals surface area contributed by atoms with Crippen molar-refractivity contribution in [1.82, 2.24) is 0 Å². The van der Waals surface area contributed by atoms with Gasteiger partial charge in [-0.15, -0.1) is 0 Å². The van der Waals surface area contributed by atoms with Gasteiger partial charge in [0.2, 0.25) is 0 Å². The molecule has 1 atom stereocenters. The van der Waals surface area contributed by atoms with E-state index in [9.17, 15) is 0 Å². The number of furan rings is 1. The van der Waals surface area contributed by atoms with E-state index in [1.807, 2.05) is 44.2 Å². The molecule has 0 aliphatic carbocycles. The minimum atomic E-state index is -0.230. The van der Waals surface area contributed by atoms with Crippen LogP contribution in [0.1, 0.15) is 28.7 Å². The van der Waals surface area contributed by atoms with E-state index >= 15 is 0 Å². The molecule has 0 fully saturated rings. The number of aryl methyl sites for hydroxylation is 2. The van der Waals surface area contributed by atoms with Crippen LogP contribution in [-0.4, -0.2) is 0 Å². The molecule has 1 aromatic carbocycles. The lowest BCUT2D eigenvalue weighted by atomic mass is 10.00. The summed E-state index contributed by atoms with van der Waals surface area (Å²) in [5.74, 6) is 1.72. The molecule has 2 N–H and O–H groups in total. The van der Waals surface area contributed by atoms with E-state index in [1.54, 1.807) is 0 Å². The van der Waals surface area contributed by atoms with Crippen molar-refractivity contribution in [2.45, 2.75) is 19.9 Å². The van der Waals surface area contributed by atoms with Crippen LogP contribution in [0, 0.1) is 13.8 Å². The molecule has 0 aliphatic rings. The second-order valence-corrected chi connectivity index (χ2v) is 4.27. The van der Waals surface area contributed by atoms with Crippen molar-refractivity contribution in [3.8, 4) is 0 Å². The monoisotopic (exact) mass is 235 g/mol. The summed E-state index contributed by atoms with van der Waals surface area (Å²) in [4.78, 5) is 0. The summed E-state index contributed by atoms with van der Waals surface area (Å²) in [6.45, 7) is 3.83. The number of halogens is 1. The minimum absolute atomic E-state index is 0.230. The van der Waals surface area contributed by atoms with Gasteiger partial charge in [-0.2, -0.15) is 0 Å². The maximum Gasteiger partial charge on any atom is 0.106 e. The van der Waals surface area contributed by atoms with Crippen molar-refractivity contribution >= 4 is 11.6 Å². The van der Waals surface area contributed by atoms with Gasteiger partial charge >= 0.3 is 0 Å². The summed E-state index contributed by atoms with van der Waals surface area (Å²) >= 11 is 6.12. The summed E-state index contributed by atoms with van der Waals surface area (Å²) < 4.78 is 5.47. The second kappa shape index (κ2) is 4.32. The van der Waals surface area contributed by atoms with Crippen molar-refractivity contribution < 1.29 is 4.42 Å². The van der Waals surface area contributed by atoms with Crippen LogP contribution >= 0.6 is 11.6 Å². The molecule has 0 aliphatic heterocycles. The summed E-state index contributed by atoms with van der Waals surface area (Å²) in [6, 6.07) is 9.35. The Balaban J connectivity index is 2.43. The number of nitrogens with two attached hydrogens (primary N) is 1. The van der Waals surface area contributed by atoms with Crippen LogP contribution in [0.25, 0.3) is 0 Å². The van der Waals surface area contributed by atoms with E-state index in [0.29, 0.717) is 5.02 Å². The highest BCUT2D eigenvalue weighted by Crippen LogP contribution is 2.29. The fraction of sp³-hybridized carbons (Fsp3) is 0.231. The number of hydrogen-bond donors (Lipinski definition) is 1. The van der Waals surface area contributed by atoms with Crippen LogP contribution < -0.4 is 5.73 Å². The molecule has 3 heteroatoms. The molecule has 2 aromatic rings. The van der Waals surface area contributed by atoms with E-state index in [0.717, 1.165) is 22.6 Å². The van der Waals surface area contributed by atoms with Crippen molar-refractivity contribution in [3.63, 3.8) is 0 Å². The Labute approximate surface area is 100 Å². The zero-order valence-electron chi connectivity index (χ0n) is 9.33. The van der Waals surface area contributed by atoms with Crippen LogP contribution in [0.2, 0.25) is 5.02 Å². The Morgan fingerprint density at radius 2 is 1.88 bits per heavy atom. The largest absolute Gasteiger partial charge is 0.466 e. The van der Waals surface area contributed by atoms with Crippen molar-refractivity contribution in [2.75, 3.05) is 0 Å². The van der Waals surface area contributed by atoms with Gasteiger partial charge < -0.3 is 10.2 Å². The third-order valence-corrected chi connectivity index (χ3v) is 3.00. The van der Waals surface area contributed by atoms with Gasteiger partial charge in [0.15, 0.2) is 0 Å². The van der Waals surface area contributed by atoms with E-state index < -0.39 is 0 Å². The Bertz CT molecular complexity index is 504. The quantitative estimate of drug-likeness (QED) is 0.864. The van der Waals surface area contributed by atoms with Crippen LogP contribution in [-0.2, 0) is 0 Å². The van der Waals surface area contributed by atoms with Gasteiger partial charge in [0, 0.05) is 10.6 Å². The maximum atomic E-state index is 6.19. The Morgan fingerprint density at radius 1 is 1.19 bits per heavy atom. The van der Waals surface area contributed by atoms with Crippen molar-refractivity contribution in [1.29, 1.82) is 0 Å². The maximum absolute atomic E-state index is 6.19. The van der Waals surface area contributed by atoms with Gasteiger partial charge in [-0.1, -0.05) is 29.8 Å². The molecule has 0 saturated heterocycles. The fourth-order valence-electron chi connectivity index (χ4n) is 1.85. The van der Waals surface area contributed by atoms with Crippen LogP contribution in [0.5, 0.6) is 0 Å². The normalized spacial score (nSPS) is 12.8. The molecule has 0 spiro atoms. The van der Waals surface area contributed by atoms with Gasteiger partial charge in [-0.25, -0.2) is 0 Å². The molecule has 1 aromatic heterocycles. The lowest BCUT2D eigenvalue weighted by Gasteiger charge is -2.12. The lowest BCUT2D eigenvalue weighted by Crippen LogP contribution is -2.12. The van der Waals surface area contributed by atoms with E-state index in [4.69, 9.17) is 21.8 Å². The molecule has 2 nitrogen and oxygen atoms in total. The zero-order chi connectivity index (χ0) is 11.7. The highest BCUT2D eigenvalue weighted by molar-refractivity contribution is 6.31. The Kier molecular flexibility index (Phi) is 3.03. The number of hydrogen-bond acceptors (Lipinski definition) is 2. The predicted octanol–water partition coefficient (Wildman–Crippen LogP) is 3.60. The fourth-order valence-corrected chi connectivity index (χ4v) is 2.11. The average molecular weight is 236 g/mol. The summed E-state index contributed by atoms with van der Waals surface area (Å²) in [6.07, 6.45) is 0. The molecular formula is C13H14ClNO. The molecule has 2 rings (SSSR count). The van der Waals surface area contributed by atoms with Crippen LogP contribution in [0.15, 0.2) is 34.7 Å². The summed E-state index contributed by atoms with van der Waals surface area (Å²) in [5, 5.41) is 0.688. The zero-order valence-corrected chi connectivity index (χ0v) is 10.1. The SMILES string of the molecule is Cc1cc(C(N)c2ccccc2Cl)c(C)o1. The standard InChI is InChI=1S/C13H14ClNO/c1-8-7-11(9(2)16-8)13(15)10-5-3-4-6-12(10)14/h3-7,13H,15H2,1-2H3. The average Bonchev–Trinajstić information content (AvgIpc) is 2.58. The first-order valence-electron chi connectivity index (χ1n) is 5.16. The van der Waals surface area contributed by atoms with Crippen molar-refractivity contribution in [2.24, 2.45) is 5.73 Å². The van der Waals surface area contributed by atoms with Crippen LogP contribution in [0.4, 0.5) is 0 Å². The van der Waals surface area contributed by atoms with Crippen LogP contribution in [0.3, 0.4) is 0 Å². The molecule has 1 heterocycles. The van der Waals surface area contributed by atoms with Gasteiger partial charge in [0.1, 0.15) is 11.5 Å². The van der Waals surface area contributed by atoms with E-state index in [1.165, 1.54) is 0 Å². The number of rotatable bonds is 2. The highest BCUT2D eigenvalue weighted by Gasteiger charge is 2.16. The molecule has 0 bridgehead atoms. The van der Waals surface area contributed by atoms with Gasteiger partial charge in [0.05, 0.1) is 6.04 Å². The second-order valence-electron chi connectivity index (χ2n) is 3.87. The molecule has 0 saturated carbocycles. The highest BCUT2D eigenvalue weighted by atomic mass is 35.5. The summed E-state index contributed by atoms with van der Waals surface area (Å²) in [5.41, 5.74) is 8.10. The predicted molar refractivity (Wildman–Crippen MR) is 65.7 cm³/mol. The molecular weight excluding hydrogens is 222 g/mol. The van der Waals surface area contributed by atoms with Gasteiger partial charge in [0.25, 0.3) is 0 Å². The number of benzene rings is 1. The van der Waals surface area contributed by atoms with E-state index in [2.05, 4.69) is 0 Å².